The van der Waals surface area contributed by atoms with E-state index in [1.165, 1.54) is 4.90 Å². The van der Waals surface area contributed by atoms with Gasteiger partial charge in [0, 0.05) is 6.20 Å². The molecule has 0 saturated carbocycles. The van der Waals surface area contributed by atoms with Crippen LogP contribution in [0.2, 0.25) is 0 Å². The maximum atomic E-state index is 12.3. The van der Waals surface area contributed by atoms with E-state index in [1.54, 1.807) is 6.92 Å². The molecular formula is C12H13F3N2O2. The van der Waals surface area contributed by atoms with Gasteiger partial charge in [0.1, 0.15) is 5.69 Å². The summed E-state index contributed by atoms with van der Waals surface area (Å²) in [6.45, 7) is 2.17. The lowest BCUT2D eigenvalue weighted by Gasteiger charge is -2.45. The molecule has 104 valence electrons. The molecule has 7 heteroatoms. The molecule has 1 saturated heterocycles. The van der Waals surface area contributed by atoms with Gasteiger partial charge in [-0.25, -0.2) is 0 Å². The van der Waals surface area contributed by atoms with Gasteiger partial charge in [-0.15, -0.1) is 0 Å². The molecule has 0 radical (unpaired) electrons. The molecule has 1 N–H and O–H groups in total. The number of hydrogen-bond donors (Lipinski definition) is 1. The zero-order valence-corrected chi connectivity index (χ0v) is 10.2. The molecule has 1 fully saturated rings. The monoisotopic (exact) mass is 274 g/mol. The Balaban J connectivity index is 2.06. The van der Waals surface area contributed by atoms with Crippen LogP contribution in [0.25, 0.3) is 0 Å². The second kappa shape index (κ2) is 4.48. The Morgan fingerprint density at radius 2 is 2.11 bits per heavy atom. The number of nitrogens with zero attached hydrogens (tertiary/aromatic N) is 2. The summed E-state index contributed by atoms with van der Waals surface area (Å²) in [7, 11) is 0. The standard InChI is InChI=1S/C12H13F3N2O2/c1-2-11(19)6-17(7-11)10(18)9-4-3-8(5-16-9)12(13,14)15/h3-5,19H,2,6-7H2,1H3. The van der Waals surface area contributed by atoms with Gasteiger partial charge in [-0.3, -0.25) is 9.78 Å². The maximum Gasteiger partial charge on any atom is 0.417 e. The molecule has 1 amide bonds. The lowest BCUT2D eigenvalue weighted by atomic mass is 9.91. The van der Waals surface area contributed by atoms with Crippen molar-refractivity contribution in [3.63, 3.8) is 0 Å². The zero-order chi connectivity index (χ0) is 14.3. The molecule has 0 spiro atoms. The number of β-amino-alcohol motifs (C(OH)–C–C–N with tert-alkyl or cyclic N) is 1. The molecule has 0 aliphatic carbocycles. The Labute approximate surface area is 107 Å². The normalized spacial score (nSPS) is 18.1. The fraction of sp³-hybridized carbons (Fsp3) is 0.500. The Morgan fingerprint density at radius 1 is 1.47 bits per heavy atom. The molecule has 2 rings (SSSR count). The third-order valence-corrected chi connectivity index (χ3v) is 3.23. The highest BCUT2D eigenvalue weighted by atomic mass is 19.4. The van der Waals surface area contributed by atoms with Gasteiger partial charge in [0.25, 0.3) is 5.91 Å². The van der Waals surface area contributed by atoms with Crippen LogP contribution in [-0.4, -0.2) is 39.6 Å². The second-order valence-corrected chi connectivity index (χ2v) is 4.67. The van der Waals surface area contributed by atoms with Gasteiger partial charge in [0.15, 0.2) is 0 Å². The van der Waals surface area contributed by atoms with E-state index >= 15 is 0 Å². The topological polar surface area (TPSA) is 53.4 Å². The van der Waals surface area contributed by atoms with Gasteiger partial charge >= 0.3 is 6.18 Å². The summed E-state index contributed by atoms with van der Waals surface area (Å²) in [5.41, 5.74) is -1.81. The number of halogens is 3. The number of hydrogen-bond acceptors (Lipinski definition) is 3. The molecule has 1 aliphatic heterocycles. The Kier molecular flexibility index (Phi) is 3.25. The zero-order valence-electron chi connectivity index (χ0n) is 10.2. The molecule has 1 aromatic rings. The lowest BCUT2D eigenvalue weighted by Crippen LogP contribution is -2.63. The molecule has 1 aromatic heterocycles. The predicted octanol–water partition coefficient (Wildman–Crippen LogP) is 1.70. The van der Waals surface area contributed by atoms with Crippen molar-refractivity contribution in [2.45, 2.75) is 25.1 Å². The van der Waals surface area contributed by atoms with E-state index in [9.17, 15) is 23.1 Å². The van der Waals surface area contributed by atoms with E-state index in [1.807, 2.05) is 0 Å². The van der Waals surface area contributed by atoms with Crippen molar-refractivity contribution < 1.29 is 23.1 Å². The van der Waals surface area contributed by atoms with Crippen molar-refractivity contribution in [3.8, 4) is 0 Å². The third kappa shape index (κ3) is 2.70. The Bertz CT molecular complexity index is 479. The number of carbonyl (C=O) groups excluding carboxylic acids is 1. The van der Waals surface area contributed by atoms with Crippen molar-refractivity contribution in [2.75, 3.05) is 13.1 Å². The van der Waals surface area contributed by atoms with Crippen LogP contribution >= 0.6 is 0 Å². The summed E-state index contributed by atoms with van der Waals surface area (Å²) < 4.78 is 37.0. The van der Waals surface area contributed by atoms with Crippen molar-refractivity contribution >= 4 is 5.91 Å². The van der Waals surface area contributed by atoms with Gasteiger partial charge in [-0.2, -0.15) is 13.2 Å². The number of pyridine rings is 1. The van der Waals surface area contributed by atoms with Gasteiger partial charge in [-0.05, 0) is 18.6 Å². The van der Waals surface area contributed by atoms with Crippen molar-refractivity contribution in [1.29, 1.82) is 0 Å². The van der Waals surface area contributed by atoms with Crippen molar-refractivity contribution in [2.24, 2.45) is 0 Å². The van der Waals surface area contributed by atoms with Crippen LogP contribution in [0.3, 0.4) is 0 Å². The molecule has 19 heavy (non-hydrogen) atoms. The highest BCUT2D eigenvalue weighted by molar-refractivity contribution is 5.93. The number of carbonyl (C=O) groups is 1. The number of alkyl halides is 3. The third-order valence-electron chi connectivity index (χ3n) is 3.23. The first-order valence-electron chi connectivity index (χ1n) is 5.80. The van der Waals surface area contributed by atoms with E-state index in [4.69, 9.17) is 0 Å². The number of amides is 1. The van der Waals surface area contributed by atoms with E-state index in [-0.39, 0.29) is 18.8 Å². The fourth-order valence-electron chi connectivity index (χ4n) is 1.88. The summed E-state index contributed by atoms with van der Waals surface area (Å²) in [5, 5.41) is 9.77. The number of rotatable bonds is 2. The molecule has 0 bridgehead atoms. The smallest absolute Gasteiger partial charge is 0.386 e. The molecule has 4 nitrogen and oxygen atoms in total. The average molecular weight is 274 g/mol. The Morgan fingerprint density at radius 3 is 2.53 bits per heavy atom. The minimum atomic E-state index is -4.46. The maximum absolute atomic E-state index is 12.3. The summed E-state index contributed by atoms with van der Waals surface area (Å²) in [6.07, 6.45) is -3.30. The largest absolute Gasteiger partial charge is 0.417 e. The van der Waals surface area contributed by atoms with Crippen LogP contribution in [-0.2, 0) is 6.18 Å². The number of likely N-dealkylation sites (tertiary alicyclic amines) is 1. The second-order valence-electron chi connectivity index (χ2n) is 4.67. The van der Waals surface area contributed by atoms with Crippen LogP contribution in [0.15, 0.2) is 18.3 Å². The minimum Gasteiger partial charge on any atom is -0.386 e. The van der Waals surface area contributed by atoms with Crippen LogP contribution in [0.1, 0.15) is 29.4 Å². The van der Waals surface area contributed by atoms with Crippen LogP contribution < -0.4 is 0 Å². The van der Waals surface area contributed by atoms with Gasteiger partial charge < -0.3 is 10.0 Å². The molecule has 0 aromatic carbocycles. The first kappa shape index (κ1) is 13.8. The molecular weight excluding hydrogens is 261 g/mol. The SMILES string of the molecule is CCC1(O)CN(C(=O)c2ccc(C(F)(F)F)cn2)C1. The van der Waals surface area contributed by atoms with Gasteiger partial charge in [0.05, 0.1) is 24.3 Å². The summed E-state index contributed by atoms with van der Waals surface area (Å²) >= 11 is 0. The number of aliphatic hydroxyl groups is 1. The molecule has 0 unspecified atom stereocenters. The summed E-state index contributed by atoms with van der Waals surface area (Å²) in [5.74, 6) is -0.466. The van der Waals surface area contributed by atoms with E-state index in [0.29, 0.717) is 12.6 Å². The first-order chi connectivity index (χ1) is 8.75. The fourth-order valence-corrected chi connectivity index (χ4v) is 1.88. The van der Waals surface area contributed by atoms with E-state index < -0.39 is 23.2 Å². The lowest BCUT2D eigenvalue weighted by molar-refractivity contribution is -0.137. The average Bonchev–Trinajstić information content (AvgIpc) is 2.33. The minimum absolute atomic E-state index is 0.0499. The van der Waals surface area contributed by atoms with Crippen LogP contribution in [0, 0.1) is 0 Å². The Hall–Kier alpha value is -1.63. The van der Waals surface area contributed by atoms with Crippen LogP contribution in [0.4, 0.5) is 13.2 Å². The molecule has 1 aliphatic rings. The van der Waals surface area contributed by atoms with Crippen molar-refractivity contribution in [3.05, 3.63) is 29.6 Å². The quantitative estimate of drug-likeness (QED) is 0.893. The first-order valence-corrected chi connectivity index (χ1v) is 5.80. The van der Waals surface area contributed by atoms with E-state index in [0.717, 1.165) is 12.1 Å². The number of aromatic nitrogens is 1. The van der Waals surface area contributed by atoms with E-state index in [2.05, 4.69) is 4.98 Å². The van der Waals surface area contributed by atoms with Crippen molar-refractivity contribution in [1.82, 2.24) is 9.88 Å². The molecule has 2 heterocycles. The molecule has 0 atom stereocenters. The summed E-state index contributed by atoms with van der Waals surface area (Å²) in [6, 6.07) is 1.88. The summed E-state index contributed by atoms with van der Waals surface area (Å²) in [4.78, 5) is 16.8. The van der Waals surface area contributed by atoms with Gasteiger partial charge in [0.2, 0.25) is 0 Å². The predicted molar refractivity (Wildman–Crippen MR) is 60.4 cm³/mol. The highest BCUT2D eigenvalue weighted by Crippen LogP contribution is 2.29. The van der Waals surface area contributed by atoms with Gasteiger partial charge in [-0.1, -0.05) is 6.92 Å². The van der Waals surface area contributed by atoms with Crippen LogP contribution in [0.5, 0.6) is 0 Å². The highest BCUT2D eigenvalue weighted by Gasteiger charge is 2.42.